The monoisotopic (exact) mass is 453 g/mol. The van der Waals surface area contributed by atoms with Crippen molar-refractivity contribution in [3.05, 3.63) is 91.7 Å². The van der Waals surface area contributed by atoms with Crippen LogP contribution in [0.2, 0.25) is 0 Å². The van der Waals surface area contributed by atoms with Gasteiger partial charge in [-0.25, -0.2) is 9.37 Å². The number of hydrogen-bond donors (Lipinski definition) is 1. The zero-order chi connectivity index (χ0) is 23.2. The largest absolute Gasteiger partial charge is 0.507 e. The molecule has 162 valence electrons. The second-order valence-corrected chi connectivity index (χ2v) is 8.35. The molecule has 10 heteroatoms. The van der Waals surface area contributed by atoms with E-state index in [0.29, 0.717) is 5.69 Å². The molecule has 1 atom stereocenters. The minimum Gasteiger partial charge on any atom is -0.507 e. The van der Waals surface area contributed by atoms with Crippen molar-refractivity contribution in [1.29, 1.82) is 0 Å². The number of amides is 1. The highest BCUT2D eigenvalue weighted by atomic mass is 32.1. The van der Waals surface area contributed by atoms with Gasteiger partial charge in [0.05, 0.1) is 22.2 Å². The fourth-order valence-corrected chi connectivity index (χ4v) is 4.41. The van der Waals surface area contributed by atoms with E-state index in [1.807, 2.05) is 6.92 Å². The van der Waals surface area contributed by atoms with E-state index in [0.717, 1.165) is 21.9 Å². The van der Waals surface area contributed by atoms with Crippen molar-refractivity contribution in [2.75, 3.05) is 4.90 Å². The molecule has 8 nitrogen and oxygen atoms in total. The van der Waals surface area contributed by atoms with Crippen molar-refractivity contribution in [3.8, 4) is 0 Å². The number of nitro groups is 1. The number of nitrogens with zero attached hydrogens (tertiary/aromatic N) is 3. The maximum Gasteiger partial charge on any atom is 0.301 e. The predicted molar refractivity (Wildman–Crippen MR) is 116 cm³/mol. The minimum atomic E-state index is -1.15. The number of halogens is 1. The second-order valence-electron chi connectivity index (χ2n) is 7.17. The minimum absolute atomic E-state index is 0.131. The van der Waals surface area contributed by atoms with E-state index in [1.54, 1.807) is 6.92 Å². The third-order valence-electron chi connectivity index (χ3n) is 5.18. The molecule has 32 heavy (non-hydrogen) atoms. The molecule has 3 aromatic rings. The van der Waals surface area contributed by atoms with Crippen LogP contribution in [0, 0.1) is 29.8 Å². The smallest absolute Gasteiger partial charge is 0.301 e. The quantitative estimate of drug-likeness (QED) is 0.205. The third kappa shape index (κ3) is 3.54. The molecule has 1 N–H and O–H groups in total. The Morgan fingerprint density at radius 1 is 1.19 bits per heavy atom. The van der Waals surface area contributed by atoms with Crippen LogP contribution in [-0.4, -0.2) is 26.7 Å². The molecule has 0 spiro atoms. The first-order chi connectivity index (χ1) is 15.2. The predicted octanol–water partition coefficient (Wildman–Crippen LogP) is 4.43. The van der Waals surface area contributed by atoms with Gasteiger partial charge >= 0.3 is 5.91 Å². The van der Waals surface area contributed by atoms with Crippen molar-refractivity contribution in [2.45, 2.75) is 19.9 Å². The molecule has 1 saturated heterocycles. The van der Waals surface area contributed by atoms with Gasteiger partial charge in [0.1, 0.15) is 11.6 Å². The summed E-state index contributed by atoms with van der Waals surface area (Å²) in [6.07, 6.45) is 0. The van der Waals surface area contributed by atoms with Gasteiger partial charge in [-0.05, 0) is 43.7 Å². The van der Waals surface area contributed by atoms with E-state index in [2.05, 4.69) is 4.98 Å². The number of aromatic nitrogens is 1. The van der Waals surface area contributed by atoms with Crippen LogP contribution in [0.25, 0.3) is 5.76 Å². The highest BCUT2D eigenvalue weighted by molar-refractivity contribution is 7.16. The summed E-state index contributed by atoms with van der Waals surface area (Å²) in [7, 11) is 0. The first kappa shape index (κ1) is 21.3. The molecule has 0 radical (unpaired) electrons. The fourth-order valence-electron chi connectivity index (χ4n) is 3.48. The van der Waals surface area contributed by atoms with Gasteiger partial charge in [-0.15, -0.1) is 11.3 Å². The van der Waals surface area contributed by atoms with Crippen LogP contribution in [0.1, 0.15) is 27.7 Å². The van der Waals surface area contributed by atoms with Crippen LogP contribution >= 0.6 is 11.3 Å². The van der Waals surface area contributed by atoms with Gasteiger partial charge in [0.25, 0.3) is 11.5 Å². The Morgan fingerprint density at radius 2 is 1.88 bits per heavy atom. The number of carbonyl (C=O) groups is 2. The molecule has 2 aromatic carbocycles. The molecule has 0 saturated carbocycles. The first-order valence-corrected chi connectivity index (χ1v) is 10.3. The van der Waals surface area contributed by atoms with E-state index in [4.69, 9.17) is 0 Å². The zero-order valence-electron chi connectivity index (χ0n) is 16.9. The zero-order valence-corrected chi connectivity index (χ0v) is 17.7. The Balaban J connectivity index is 1.97. The molecule has 0 bridgehead atoms. The lowest BCUT2D eigenvalue weighted by atomic mass is 9.95. The summed E-state index contributed by atoms with van der Waals surface area (Å²) in [4.78, 5) is 43.1. The van der Waals surface area contributed by atoms with Gasteiger partial charge in [-0.1, -0.05) is 12.1 Å². The Hall–Kier alpha value is -3.92. The fraction of sp³-hybridized carbons (Fsp3) is 0.136. The number of benzene rings is 2. The summed E-state index contributed by atoms with van der Waals surface area (Å²) in [5.41, 5.74) is 0.566. The van der Waals surface area contributed by atoms with Crippen molar-refractivity contribution >= 4 is 39.6 Å². The van der Waals surface area contributed by atoms with E-state index >= 15 is 0 Å². The molecule has 2 heterocycles. The standard InChI is InChI=1S/C22H16FN3O5S/c1-11-12(2)32-22(24-11)25-18(14-4-3-5-16(10-14)26(30)31)17(20(28)21(25)29)19(27)13-6-8-15(23)9-7-13/h3-10,18,27H,1-2H3/t18-/m0/s1. The average molecular weight is 453 g/mol. The van der Waals surface area contributed by atoms with E-state index < -0.39 is 34.2 Å². The van der Waals surface area contributed by atoms with Crippen molar-refractivity contribution in [1.82, 2.24) is 4.98 Å². The van der Waals surface area contributed by atoms with Crippen LogP contribution in [0.15, 0.2) is 54.1 Å². The molecular weight excluding hydrogens is 437 g/mol. The maximum absolute atomic E-state index is 13.4. The Morgan fingerprint density at radius 3 is 2.47 bits per heavy atom. The first-order valence-electron chi connectivity index (χ1n) is 9.44. The second kappa shape index (κ2) is 7.97. The molecule has 1 aromatic heterocycles. The summed E-state index contributed by atoms with van der Waals surface area (Å²) in [6.45, 7) is 3.57. The molecule has 1 aliphatic heterocycles. The molecular formula is C22H16FN3O5S. The van der Waals surface area contributed by atoms with Crippen molar-refractivity contribution < 1.29 is 24.0 Å². The SMILES string of the molecule is Cc1nc(N2C(=O)C(=O)C(=C(O)c3ccc(F)cc3)[C@@H]2c2cccc([N+](=O)[O-])c2)sc1C. The van der Waals surface area contributed by atoms with Gasteiger partial charge < -0.3 is 5.11 Å². The maximum atomic E-state index is 13.4. The Kier molecular flexibility index (Phi) is 5.31. The third-order valence-corrected chi connectivity index (χ3v) is 6.25. The number of rotatable bonds is 4. The summed E-state index contributed by atoms with van der Waals surface area (Å²) in [6, 6.07) is 9.13. The lowest BCUT2D eigenvalue weighted by molar-refractivity contribution is -0.384. The molecule has 0 aliphatic carbocycles. The number of nitro benzene ring substituents is 1. The summed E-state index contributed by atoms with van der Waals surface area (Å²) in [5, 5.41) is 22.5. The number of non-ortho nitro benzene ring substituents is 1. The van der Waals surface area contributed by atoms with Gasteiger partial charge in [0.15, 0.2) is 5.13 Å². The molecule has 1 fully saturated rings. The van der Waals surface area contributed by atoms with Crippen LogP contribution in [0.5, 0.6) is 0 Å². The Bertz CT molecular complexity index is 1280. The number of anilines is 1. The molecule has 1 aliphatic rings. The van der Waals surface area contributed by atoms with Crippen LogP contribution in [0.4, 0.5) is 15.2 Å². The number of ketones is 1. The van der Waals surface area contributed by atoms with Crippen molar-refractivity contribution in [2.24, 2.45) is 0 Å². The lowest BCUT2D eigenvalue weighted by Gasteiger charge is -2.22. The molecule has 0 unspecified atom stereocenters. The number of thiazole rings is 1. The highest BCUT2D eigenvalue weighted by Gasteiger charge is 2.48. The van der Waals surface area contributed by atoms with E-state index in [9.17, 15) is 29.2 Å². The van der Waals surface area contributed by atoms with Gasteiger partial charge in [-0.2, -0.15) is 0 Å². The highest BCUT2D eigenvalue weighted by Crippen LogP contribution is 2.44. The van der Waals surface area contributed by atoms with Gasteiger partial charge in [-0.3, -0.25) is 24.6 Å². The number of aliphatic hydroxyl groups is 1. The molecule has 1 amide bonds. The molecule has 4 rings (SSSR count). The van der Waals surface area contributed by atoms with E-state index in [1.165, 1.54) is 47.7 Å². The summed E-state index contributed by atoms with van der Waals surface area (Å²) >= 11 is 1.19. The van der Waals surface area contributed by atoms with Gasteiger partial charge in [0, 0.05) is 22.6 Å². The topological polar surface area (TPSA) is 114 Å². The van der Waals surface area contributed by atoms with Crippen LogP contribution < -0.4 is 4.90 Å². The normalized spacial score (nSPS) is 17.7. The number of aryl methyl sites for hydroxylation is 2. The summed E-state index contributed by atoms with van der Waals surface area (Å²) in [5.74, 6) is -2.92. The summed E-state index contributed by atoms with van der Waals surface area (Å²) < 4.78 is 13.4. The van der Waals surface area contributed by atoms with Crippen LogP contribution in [0.3, 0.4) is 0 Å². The number of Topliss-reactive ketones (excluding diaryl/α,β-unsaturated/α-hetero) is 1. The van der Waals surface area contributed by atoms with Gasteiger partial charge in [0.2, 0.25) is 0 Å². The van der Waals surface area contributed by atoms with E-state index in [-0.39, 0.29) is 27.5 Å². The van der Waals surface area contributed by atoms with Crippen LogP contribution in [-0.2, 0) is 9.59 Å². The number of aliphatic hydroxyl groups excluding tert-OH is 1. The van der Waals surface area contributed by atoms with Crippen molar-refractivity contribution in [3.63, 3.8) is 0 Å². The lowest BCUT2D eigenvalue weighted by Crippen LogP contribution is -2.29. The number of carbonyl (C=O) groups excluding carboxylic acids is 2. The average Bonchev–Trinajstić information content (AvgIpc) is 3.23. The number of hydrogen-bond acceptors (Lipinski definition) is 7. The Labute approximate surface area is 185 Å².